The second kappa shape index (κ2) is 4.29. The van der Waals surface area contributed by atoms with Gasteiger partial charge in [-0.3, -0.25) is 14.9 Å². The molecule has 0 aliphatic carbocycles. The normalized spacial score (nSPS) is 13.4. The number of anilines is 2. The van der Waals surface area contributed by atoms with Crippen LogP contribution in [-0.4, -0.2) is 31.5 Å². The molecule has 0 atom stereocenters. The number of hydrogen-bond donors (Lipinski definition) is 0. The third kappa shape index (κ3) is 1.79. The lowest BCUT2D eigenvalue weighted by Crippen LogP contribution is -2.26. The molecule has 6 heteroatoms. The van der Waals surface area contributed by atoms with Crippen LogP contribution in [0, 0.1) is 10.1 Å². The Balaban J connectivity index is 2.66. The molecule has 0 unspecified atom stereocenters. The lowest BCUT2D eigenvalue weighted by molar-refractivity contribution is -0.384. The average molecular weight is 249 g/mol. The lowest BCUT2D eigenvalue weighted by Gasteiger charge is -2.19. The molecule has 1 aromatic carbocycles. The molecule has 0 saturated carbocycles. The van der Waals surface area contributed by atoms with Crippen LogP contribution in [0.2, 0.25) is 0 Å². The number of carbonyl (C=O) groups excluding carboxylic acids is 1. The summed E-state index contributed by atoms with van der Waals surface area (Å²) in [5, 5.41) is 11.1. The molecule has 1 aliphatic heterocycles. The van der Waals surface area contributed by atoms with Crippen LogP contribution in [-0.2, 0) is 11.2 Å². The first-order valence-electron chi connectivity index (χ1n) is 5.69. The van der Waals surface area contributed by atoms with E-state index in [1.807, 2.05) is 19.0 Å². The molecule has 0 fully saturated rings. The van der Waals surface area contributed by atoms with E-state index in [1.54, 1.807) is 6.07 Å². The van der Waals surface area contributed by atoms with E-state index in [4.69, 9.17) is 0 Å². The van der Waals surface area contributed by atoms with Gasteiger partial charge in [0.2, 0.25) is 5.91 Å². The van der Waals surface area contributed by atoms with Gasteiger partial charge in [-0.1, -0.05) is 0 Å². The van der Waals surface area contributed by atoms with Crippen molar-refractivity contribution in [2.45, 2.75) is 13.3 Å². The van der Waals surface area contributed by atoms with Gasteiger partial charge in [-0.15, -0.1) is 0 Å². The van der Waals surface area contributed by atoms with Gasteiger partial charge in [0.25, 0.3) is 5.69 Å². The van der Waals surface area contributed by atoms with Crippen molar-refractivity contribution in [1.29, 1.82) is 0 Å². The molecule has 0 spiro atoms. The highest BCUT2D eigenvalue weighted by Crippen LogP contribution is 2.41. The Morgan fingerprint density at radius 3 is 2.61 bits per heavy atom. The summed E-state index contributed by atoms with van der Waals surface area (Å²) in [4.78, 5) is 25.6. The average Bonchev–Trinajstić information content (AvgIpc) is 2.71. The van der Waals surface area contributed by atoms with Gasteiger partial charge in [0.15, 0.2) is 0 Å². The molecule has 18 heavy (non-hydrogen) atoms. The highest BCUT2D eigenvalue weighted by Gasteiger charge is 2.32. The maximum absolute atomic E-state index is 11.6. The molecule has 0 N–H and O–H groups in total. The van der Waals surface area contributed by atoms with E-state index in [9.17, 15) is 14.9 Å². The summed E-state index contributed by atoms with van der Waals surface area (Å²) in [5.41, 5.74) is 2.27. The van der Waals surface area contributed by atoms with Crippen LogP contribution >= 0.6 is 0 Å². The van der Waals surface area contributed by atoms with Crippen LogP contribution in [0.3, 0.4) is 0 Å². The molecule has 6 nitrogen and oxygen atoms in total. The van der Waals surface area contributed by atoms with E-state index in [0.717, 1.165) is 11.3 Å². The molecule has 0 aromatic heterocycles. The zero-order chi connectivity index (χ0) is 13.4. The van der Waals surface area contributed by atoms with Gasteiger partial charge in [0, 0.05) is 44.9 Å². The van der Waals surface area contributed by atoms with E-state index >= 15 is 0 Å². The molecule has 1 amide bonds. The van der Waals surface area contributed by atoms with Gasteiger partial charge in [-0.05, 0) is 12.5 Å². The Kier molecular flexibility index (Phi) is 2.94. The first kappa shape index (κ1) is 12.3. The van der Waals surface area contributed by atoms with Crippen molar-refractivity contribution < 1.29 is 9.72 Å². The number of nitro benzene ring substituents is 1. The molecule has 1 aromatic rings. The first-order valence-corrected chi connectivity index (χ1v) is 5.69. The van der Waals surface area contributed by atoms with Crippen LogP contribution in [0.25, 0.3) is 0 Å². The van der Waals surface area contributed by atoms with Crippen molar-refractivity contribution in [3.8, 4) is 0 Å². The topological polar surface area (TPSA) is 66.7 Å². The molecule has 1 aliphatic rings. The van der Waals surface area contributed by atoms with Crippen LogP contribution in [0.4, 0.5) is 17.1 Å². The van der Waals surface area contributed by atoms with Gasteiger partial charge in [0.05, 0.1) is 4.92 Å². The molecule has 0 bridgehead atoms. The minimum atomic E-state index is -0.431. The minimum Gasteiger partial charge on any atom is -0.377 e. The largest absolute Gasteiger partial charge is 0.377 e. The van der Waals surface area contributed by atoms with E-state index in [2.05, 4.69) is 0 Å². The van der Waals surface area contributed by atoms with Gasteiger partial charge >= 0.3 is 0 Å². The lowest BCUT2D eigenvalue weighted by atomic mass is 10.1. The van der Waals surface area contributed by atoms with Crippen LogP contribution in [0.15, 0.2) is 12.1 Å². The fourth-order valence-electron chi connectivity index (χ4n) is 2.38. The van der Waals surface area contributed by atoms with Crippen molar-refractivity contribution >= 4 is 23.0 Å². The number of hydrogen-bond acceptors (Lipinski definition) is 4. The second-order valence-electron chi connectivity index (χ2n) is 4.50. The van der Waals surface area contributed by atoms with Gasteiger partial charge in [-0.25, -0.2) is 0 Å². The molecule has 0 saturated heterocycles. The van der Waals surface area contributed by atoms with Crippen molar-refractivity contribution in [1.82, 2.24) is 0 Å². The summed E-state index contributed by atoms with van der Waals surface area (Å²) in [6.45, 7) is 1.94. The molecule has 1 heterocycles. The summed E-state index contributed by atoms with van der Waals surface area (Å²) in [6.07, 6.45) is 0.657. The molecular formula is C12H15N3O3. The highest BCUT2D eigenvalue weighted by atomic mass is 16.6. The number of carbonyl (C=O) groups is 1. The quantitative estimate of drug-likeness (QED) is 0.589. The van der Waals surface area contributed by atoms with Crippen LogP contribution in [0.5, 0.6) is 0 Å². The highest BCUT2D eigenvalue weighted by molar-refractivity contribution is 5.98. The fourth-order valence-corrected chi connectivity index (χ4v) is 2.38. The predicted molar refractivity (Wildman–Crippen MR) is 69.2 cm³/mol. The number of benzene rings is 1. The van der Waals surface area contributed by atoms with Gasteiger partial charge in [-0.2, -0.15) is 0 Å². The SMILES string of the molecule is CC(=O)N1CCc2c(N(C)C)ccc([N+](=O)[O-])c21. The van der Waals surface area contributed by atoms with Crippen molar-refractivity contribution in [3.63, 3.8) is 0 Å². The Morgan fingerprint density at radius 1 is 1.44 bits per heavy atom. The molecule has 96 valence electrons. The molecule has 0 radical (unpaired) electrons. The standard InChI is InChI=1S/C12H15N3O3/c1-8(16)14-7-6-9-10(13(2)3)4-5-11(12(9)14)15(17)18/h4-5H,6-7H2,1-3H3. The summed E-state index contributed by atoms with van der Waals surface area (Å²) < 4.78 is 0. The van der Waals surface area contributed by atoms with E-state index in [0.29, 0.717) is 18.7 Å². The first-order chi connectivity index (χ1) is 8.43. The number of rotatable bonds is 2. The van der Waals surface area contributed by atoms with Gasteiger partial charge in [0.1, 0.15) is 5.69 Å². The number of amides is 1. The van der Waals surface area contributed by atoms with E-state index in [1.165, 1.54) is 17.9 Å². The second-order valence-corrected chi connectivity index (χ2v) is 4.50. The molecular weight excluding hydrogens is 234 g/mol. The minimum absolute atomic E-state index is 0.00306. The number of nitrogens with zero attached hydrogens (tertiary/aromatic N) is 3. The summed E-state index contributed by atoms with van der Waals surface area (Å²) in [7, 11) is 3.77. The fraction of sp³-hybridized carbons (Fsp3) is 0.417. The number of fused-ring (bicyclic) bond motifs is 1. The smallest absolute Gasteiger partial charge is 0.293 e. The summed E-state index contributed by atoms with van der Waals surface area (Å²) in [5.74, 6) is -0.159. The van der Waals surface area contributed by atoms with Crippen molar-refractivity contribution in [3.05, 3.63) is 27.8 Å². The Labute approximate surface area is 105 Å². The predicted octanol–water partition coefficient (Wildman–Crippen LogP) is 1.57. The third-order valence-corrected chi connectivity index (χ3v) is 3.15. The van der Waals surface area contributed by atoms with E-state index in [-0.39, 0.29) is 11.6 Å². The maximum Gasteiger partial charge on any atom is 0.293 e. The molecule has 2 rings (SSSR count). The zero-order valence-electron chi connectivity index (χ0n) is 10.6. The van der Waals surface area contributed by atoms with Crippen LogP contribution in [0.1, 0.15) is 12.5 Å². The monoisotopic (exact) mass is 249 g/mol. The van der Waals surface area contributed by atoms with Crippen molar-refractivity contribution in [2.24, 2.45) is 0 Å². The number of nitro groups is 1. The van der Waals surface area contributed by atoms with Crippen molar-refractivity contribution in [2.75, 3.05) is 30.4 Å². The Bertz CT molecular complexity index is 526. The van der Waals surface area contributed by atoms with Gasteiger partial charge < -0.3 is 9.80 Å². The summed E-state index contributed by atoms with van der Waals surface area (Å²) in [6, 6.07) is 3.20. The Morgan fingerprint density at radius 2 is 2.11 bits per heavy atom. The summed E-state index contributed by atoms with van der Waals surface area (Å²) >= 11 is 0. The Hall–Kier alpha value is -2.11. The zero-order valence-corrected chi connectivity index (χ0v) is 10.6. The van der Waals surface area contributed by atoms with Crippen LogP contribution < -0.4 is 9.80 Å². The maximum atomic E-state index is 11.6. The third-order valence-electron chi connectivity index (χ3n) is 3.15. The van der Waals surface area contributed by atoms with E-state index < -0.39 is 4.92 Å².